The molecular formula is C15H21NO4. The van der Waals surface area contributed by atoms with E-state index in [0.29, 0.717) is 13.2 Å². The van der Waals surface area contributed by atoms with E-state index < -0.39 is 5.97 Å². The van der Waals surface area contributed by atoms with Crippen molar-refractivity contribution in [1.29, 1.82) is 0 Å². The number of carbonyl (C=O) groups excluding carboxylic acids is 1. The molecule has 0 unspecified atom stereocenters. The molecule has 0 bridgehead atoms. The SMILES string of the molecule is CCCN(CCC(=O)O)C(=O)CCOc1ccccc1. The summed E-state index contributed by atoms with van der Waals surface area (Å²) < 4.78 is 5.47. The predicted molar refractivity (Wildman–Crippen MR) is 75.7 cm³/mol. The lowest BCUT2D eigenvalue weighted by Gasteiger charge is -2.21. The lowest BCUT2D eigenvalue weighted by atomic mass is 10.3. The second-order valence-electron chi connectivity index (χ2n) is 4.44. The zero-order valence-corrected chi connectivity index (χ0v) is 11.7. The number of benzene rings is 1. The van der Waals surface area contributed by atoms with Crippen molar-refractivity contribution < 1.29 is 19.4 Å². The molecule has 5 nitrogen and oxygen atoms in total. The van der Waals surface area contributed by atoms with Gasteiger partial charge in [-0.15, -0.1) is 0 Å². The highest BCUT2D eigenvalue weighted by atomic mass is 16.5. The number of ether oxygens (including phenoxy) is 1. The van der Waals surface area contributed by atoms with Gasteiger partial charge in [0, 0.05) is 13.1 Å². The average molecular weight is 279 g/mol. The van der Waals surface area contributed by atoms with Crippen LogP contribution in [0.25, 0.3) is 0 Å². The first-order chi connectivity index (χ1) is 9.63. The smallest absolute Gasteiger partial charge is 0.305 e. The highest BCUT2D eigenvalue weighted by molar-refractivity contribution is 5.77. The zero-order chi connectivity index (χ0) is 14.8. The summed E-state index contributed by atoms with van der Waals surface area (Å²) in [7, 11) is 0. The van der Waals surface area contributed by atoms with Crippen LogP contribution in [0.15, 0.2) is 30.3 Å². The number of carbonyl (C=O) groups is 2. The third kappa shape index (κ3) is 6.22. The van der Waals surface area contributed by atoms with Crippen LogP contribution in [0.1, 0.15) is 26.2 Å². The van der Waals surface area contributed by atoms with Crippen molar-refractivity contribution in [3.8, 4) is 5.75 Å². The van der Waals surface area contributed by atoms with Crippen molar-refractivity contribution in [2.45, 2.75) is 26.2 Å². The Kier molecular flexibility index (Phi) is 7.17. The summed E-state index contributed by atoms with van der Waals surface area (Å²) in [5.74, 6) is -0.226. The highest BCUT2D eigenvalue weighted by Gasteiger charge is 2.13. The molecule has 20 heavy (non-hydrogen) atoms. The Labute approximate surface area is 119 Å². The van der Waals surface area contributed by atoms with Crippen molar-refractivity contribution in [3.63, 3.8) is 0 Å². The number of para-hydroxylation sites is 1. The molecule has 0 radical (unpaired) electrons. The van der Waals surface area contributed by atoms with E-state index in [1.54, 1.807) is 4.90 Å². The quantitative estimate of drug-likeness (QED) is 0.752. The Morgan fingerprint density at radius 2 is 1.85 bits per heavy atom. The predicted octanol–water partition coefficient (Wildman–Crippen LogP) is 2.17. The average Bonchev–Trinajstić information content (AvgIpc) is 2.44. The van der Waals surface area contributed by atoms with Crippen LogP contribution in [-0.4, -0.2) is 41.6 Å². The molecule has 0 saturated carbocycles. The molecule has 1 aromatic rings. The number of hydrogen-bond acceptors (Lipinski definition) is 3. The summed E-state index contributed by atoms with van der Waals surface area (Å²) >= 11 is 0. The molecule has 5 heteroatoms. The van der Waals surface area contributed by atoms with Gasteiger partial charge in [-0.2, -0.15) is 0 Å². The van der Waals surface area contributed by atoms with Gasteiger partial charge in [0.15, 0.2) is 0 Å². The highest BCUT2D eigenvalue weighted by Crippen LogP contribution is 2.09. The van der Waals surface area contributed by atoms with Crippen LogP contribution in [0.5, 0.6) is 5.75 Å². The molecule has 0 aliphatic heterocycles. The molecule has 0 fully saturated rings. The summed E-state index contributed by atoms with van der Waals surface area (Å²) in [4.78, 5) is 24.1. The van der Waals surface area contributed by atoms with Crippen LogP contribution in [-0.2, 0) is 9.59 Å². The standard InChI is InChI=1S/C15H21NO4/c1-2-10-16(11-8-15(18)19)14(17)9-12-20-13-6-4-3-5-7-13/h3-7H,2,8-12H2,1H3,(H,18,19). The molecule has 0 aromatic heterocycles. The lowest BCUT2D eigenvalue weighted by molar-refractivity contribution is -0.138. The van der Waals surface area contributed by atoms with E-state index in [1.807, 2.05) is 37.3 Å². The van der Waals surface area contributed by atoms with Crippen LogP contribution in [0, 0.1) is 0 Å². The number of rotatable bonds is 9. The van der Waals surface area contributed by atoms with E-state index in [2.05, 4.69) is 0 Å². The Balaban J connectivity index is 2.35. The summed E-state index contributed by atoms with van der Waals surface area (Å²) in [6.45, 7) is 3.10. The number of amides is 1. The van der Waals surface area contributed by atoms with Crippen molar-refractivity contribution in [2.75, 3.05) is 19.7 Å². The van der Waals surface area contributed by atoms with Gasteiger partial charge in [-0.3, -0.25) is 9.59 Å². The monoisotopic (exact) mass is 279 g/mol. The normalized spacial score (nSPS) is 10.1. The minimum atomic E-state index is -0.889. The van der Waals surface area contributed by atoms with Gasteiger partial charge in [0.25, 0.3) is 0 Å². The Bertz CT molecular complexity index is 419. The molecule has 1 rings (SSSR count). The number of hydrogen-bond donors (Lipinski definition) is 1. The molecule has 1 amide bonds. The van der Waals surface area contributed by atoms with Gasteiger partial charge in [-0.05, 0) is 18.6 Å². The van der Waals surface area contributed by atoms with Gasteiger partial charge < -0.3 is 14.7 Å². The summed E-state index contributed by atoms with van der Waals surface area (Å²) in [5, 5.41) is 8.67. The fourth-order valence-corrected chi connectivity index (χ4v) is 1.79. The molecule has 1 N–H and O–H groups in total. The van der Waals surface area contributed by atoms with Gasteiger partial charge >= 0.3 is 5.97 Å². The van der Waals surface area contributed by atoms with Gasteiger partial charge in [-0.1, -0.05) is 25.1 Å². The molecule has 110 valence electrons. The first-order valence-corrected chi connectivity index (χ1v) is 6.81. The van der Waals surface area contributed by atoms with E-state index in [1.165, 1.54) is 0 Å². The van der Waals surface area contributed by atoms with E-state index in [4.69, 9.17) is 9.84 Å². The Morgan fingerprint density at radius 1 is 1.15 bits per heavy atom. The van der Waals surface area contributed by atoms with E-state index in [9.17, 15) is 9.59 Å². The Morgan fingerprint density at radius 3 is 2.45 bits per heavy atom. The van der Waals surface area contributed by atoms with Crippen LogP contribution in [0.3, 0.4) is 0 Å². The minimum Gasteiger partial charge on any atom is -0.493 e. The maximum Gasteiger partial charge on any atom is 0.305 e. The first-order valence-electron chi connectivity index (χ1n) is 6.81. The molecule has 0 heterocycles. The summed E-state index contributed by atoms with van der Waals surface area (Å²) in [6, 6.07) is 9.30. The van der Waals surface area contributed by atoms with Gasteiger partial charge in [0.2, 0.25) is 5.91 Å². The van der Waals surface area contributed by atoms with Gasteiger partial charge in [0.05, 0.1) is 19.4 Å². The van der Waals surface area contributed by atoms with Crippen molar-refractivity contribution in [2.24, 2.45) is 0 Å². The summed E-state index contributed by atoms with van der Waals surface area (Å²) in [6.07, 6.45) is 1.05. The first kappa shape index (κ1) is 16.0. The molecule has 0 atom stereocenters. The third-order valence-electron chi connectivity index (χ3n) is 2.77. The maximum atomic E-state index is 12.0. The molecular weight excluding hydrogens is 258 g/mol. The van der Waals surface area contributed by atoms with Crippen molar-refractivity contribution in [1.82, 2.24) is 4.90 Å². The van der Waals surface area contributed by atoms with Crippen molar-refractivity contribution >= 4 is 11.9 Å². The van der Waals surface area contributed by atoms with Crippen LogP contribution in [0.2, 0.25) is 0 Å². The molecule has 0 spiro atoms. The second kappa shape index (κ2) is 8.96. The largest absolute Gasteiger partial charge is 0.493 e. The van der Waals surface area contributed by atoms with E-state index in [-0.39, 0.29) is 25.3 Å². The van der Waals surface area contributed by atoms with Gasteiger partial charge in [-0.25, -0.2) is 0 Å². The molecule has 0 saturated heterocycles. The number of aliphatic carboxylic acids is 1. The fraction of sp³-hybridized carbons (Fsp3) is 0.467. The van der Waals surface area contributed by atoms with Crippen LogP contribution >= 0.6 is 0 Å². The van der Waals surface area contributed by atoms with E-state index >= 15 is 0 Å². The molecule has 1 aromatic carbocycles. The zero-order valence-electron chi connectivity index (χ0n) is 11.7. The minimum absolute atomic E-state index is 0.0225. The van der Waals surface area contributed by atoms with Crippen LogP contribution < -0.4 is 4.74 Å². The Hall–Kier alpha value is -2.04. The second-order valence-corrected chi connectivity index (χ2v) is 4.44. The maximum absolute atomic E-state index is 12.0. The number of carboxylic acids is 1. The molecule has 0 aliphatic carbocycles. The lowest BCUT2D eigenvalue weighted by Crippen LogP contribution is -2.34. The fourth-order valence-electron chi connectivity index (χ4n) is 1.79. The number of nitrogens with zero attached hydrogens (tertiary/aromatic N) is 1. The number of carboxylic acid groups (broad SMARTS) is 1. The summed E-state index contributed by atoms with van der Waals surface area (Å²) in [5.41, 5.74) is 0. The van der Waals surface area contributed by atoms with Gasteiger partial charge in [0.1, 0.15) is 5.75 Å². The third-order valence-corrected chi connectivity index (χ3v) is 2.77. The topological polar surface area (TPSA) is 66.8 Å². The molecule has 0 aliphatic rings. The van der Waals surface area contributed by atoms with E-state index in [0.717, 1.165) is 12.2 Å². The van der Waals surface area contributed by atoms with Crippen molar-refractivity contribution in [3.05, 3.63) is 30.3 Å². The van der Waals surface area contributed by atoms with Crippen LogP contribution in [0.4, 0.5) is 0 Å².